The van der Waals surface area contributed by atoms with Crippen molar-refractivity contribution in [2.75, 3.05) is 11.9 Å². The van der Waals surface area contributed by atoms with Gasteiger partial charge in [-0.05, 0) is 31.2 Å². The van der Waals surface area contributed by atoms with E-state index in [1.54, 1.807) is 37.3 Å². The Morgan fingerprint density at radius 1 is 1.36 bits per heavy atom. The first-order chi connectivity index (χ1) is 10.7. The zero-order valence-electron chi connectivity index (χ0n) is 11.7. The Morgan fingerprint density at radius 2 is 2.14 bits per heavy atom. The Morgan fingerprint density at radius 3 is 2.86 bits per heavy atom. The molecule has 3 aromatic rings. The van der Waals surface area contributed by atoms with Gasteiger partial charge in [-0.1, -0.05) is 11.6 Å². The summed E-state index contributed by atoms with van der Waals surface area (Å²) in [4.78, 5) is 19.7. The zero-order chi connectivity index (χ0) is 15.5. The molecule has 1 N–H and O–H groups in total. The van der Waals surface area contributed by atoms with E-state index in [-0.39, 0.29) is 5.97 Å². The van der Waals surface area contributed by atoms with E-state index in [0.717, 1.165) is 5.69 Å². The molecule has 0 fully saturated rings. The molecule has 0 atom stereocenters. The van der Waals surface area contributed by atoms with Crippen LogP contribution in [0.15, 0.2) is 36.7 Å². The van der Waals surface area contributed by atoms with Crippen molar-refractivity contribution >= 4 is 34.9 Å². The van der Waals surface area contributed by atoms with E-state index >= 15 is 0 Å². The normalized spacial score (nSPS) is 10.6. The number of hydrogen-bond donors (Lipinski definition) is 1. The molecule has 112 valence electrons. The van der Waals surface area contributed by atoms with Gasteiger partial charge in [-0.15, -0.1) is 0 Å². The van der Waals surface area contributed by atoms with E-state index in [9.17, 15) is 4.79 Å². The maximum absolute atomic E-state index is 11.6. The number of aromatic nitrogens is 4. The Hall–Kier alpha value is -2.67. The average molecular weight is 318 g/mol. The van der Waals surface area contributed by atoms with Gasteiger partial charge in [0, 0.05) is 11.8 Å². The molecule has 0 aliphatic rings. The number of ether oxygens (including phenoxy) is 1. The third-order valence-corrected chi connectivity index (χ3v) is 3.08. The smallest absolute Gasteiger partial charge is 0.338 e. The number of carbonyl (C=O) groups excluding carboxylic acids is 1. The van der Waals surface area contributed by atoms with Crippen LogP contribution in [0.25, 0.3) is 5.78 Å². The van der Waals surface area contributed by atoms with Gasteiger partial charge in [0.25, 0.3) is 5.78 Å². The maximum Gasteiger partial charge on any atom is 0.338 e. The largest absolute Gasteiger partial charge is 0.462 e. The number of anilines is 2. The van der Waals surface area contributed by atoms with Crippen molar-refractivity contribution in [2.45, 2.75) is 6.92 Å². The van der Waals surface area contributed by atoms with Crippen molar-refractivity contribution in [1.82, 2.24) is 19.6 Å². The fraction of sp³-hybridized carbons (Fsp3) is 0.143. The van der Waals surface area contributed by atoms with Crippen LogP contribution in [-0.4, -0.2) is 32.2 Å². The highest BCUT2D eigenvalue weighted by molar-refractivity contribution is 6.29. The highest BCUT2D eigenvalue weighted by Crippen LogP contribution is 2.20. The molecule has 22 heavy (non-hydrogen) atoms. The van der Waals surface area contributed by atoms with Gasteiger partial charge in [-0.2, -0.15) is 19.6 Å². The Labute approximate surface area is 130 Å². The van der Waals surface area contributed by atoms with E-state index in [1.807, 2.05) is 0 Å². The van der Waals surface area contributed by atoms with Crippen LogP contribution in [0, 0.1) is 0 Å². The van der Waals surface area contributed by atoms with Gasteiger partial charge >= 0.3 is 5.97 Å². The topological polar surface area (TPSA) is 81.4 Å². The summed E-state index contributed by atoms with van der Waals surface area (Å²) in [7, 11) is 0. The molecule has 8 heteroatoms. The summed E-state index contributed by atoms with van der Waals surface area (Å²) in [6.07, 6.45) is 1.40. The lowest BCUT2D eigenvalue weighted by atomic mass is 10.2. The summed E-state index contributed by atoms with van der Waals surface area (Å²) in [5.41, 5.74) is 1.26. The van der Waals surface area contributed by atoms with Crippen LogP contribution < -0.4 is 5.32 Å². The highest BCUT2D eigenvalue weighted by atomic mass is 35.5. The number of carbonyl (C=O) groups is 1. The number of nitrogens with zero attached hydrogens (tertiary/aromatic N) is 4. The fourth-order valence-corrected chi connectivity index (χ4v) is 2.10. The van der Waals surface area contributed by atoms with E-state index in [4.69, 9.17) is 16.3 Å². The number of esters is 1. The third-order valence-electron chi connectivity index (χ3n) is 2.89. The number of nitrogens with one attached hydrogen (secondary N) is 1. The van der Waals surface area contributed by atoms with Gasteiger partial charge < -0.3 is 10.1 Å². The Kier molecular flexibility index (Phi) is 3.88. The summed E-state index contributed by atoms with van der Waals surface area (Å²) in [5.74, 6) is 0.675. The van der Waals surface area contributed by atoms with Crippen LogP contribution in [0.5, 0.6) is 0 Å². The minimum Gasteiger partial charge on any atom is -0.462 e. The molecule has 0 unspecified atom stereocenters. The molecule has 0 saturated carbocycles. The van der Waals surface area contributed by atoms with Crippen molar-refractivity contribution in [2.24, 2.45) is 0 Å². The Bertz CT molecular complexity index is 816. The minimum absolute atomic E-state index is 0.311. The van der Waals surface area contributed by atoms with Crippen LogP contribution in [0.3, 0.4) is 0 Å². The van der Waals surface area contributed by atoms with Crippen molar-refractivity contribution in [3.63, 3.8) is 0 Å². The van der Waals surface area contributed by atoms with Crippen LogP contribution in [0.2, 0.25) is 5.15 Å². The van der Waals surface area contributed by atoms with Gasteiger partial charge in [-0.25, -0.2) is 4.79 Å². The lowest BCUT2D eigenvalue weighted by Crippen LogP contribution is -2.05. The molecule has 0 spiro atoms. The van der Waals surface area contributed by atoms with Gasteiger partial charge in [0.2, 0.25) is 0 Å². The number of hydrogen-bond acceptors (Lipinski definition) is 6. The molecule has 0 amide bonds. The second-order valence-electron chi connectivity index (χ2n) is 4.36. The van der Waals surface area contributed by atoms with E-state index in [2.05, 4.69) is 20.4 Å². The summed E-state index contributed by atoms with van der Waals surface area (Å²) >= 11 is 5.96. The summed E-state index contributed by atoms with van der Waals surface area (Å²) in [5, 5.41) is 7.54. The molecule has 0 saturated heterocycles. The van der Waals surface area contributed by atoms with Crippen molar-refractivity contribution in [3.05, 3.63) is 47.4 Å². The minimum atomic E-state index is -0.348. The van der Waals surface area contributed by atoms with Crippen LogP contribution in [0.4, 0.5) is 11.5 Å². The summed E-state index contributed by atoms with van der Waals surface area (Å²) in [6, 6.07) is 8.54. The molecule has 1 aromatic carbocycles. The number of benzene rings is 1. The van der Waals surface area contributed by atoms with Crippen molar-refractivity contribution in [1.29, 1.82) is 0 Å². The number of halogens is 1. The SMILES string of the molecule is CCOC(=O)c1ccc(Nc2cc(Cl)nc3ncnn23)cc1. The average Bonchev–Trinajstić information content (AvgIpc) is 2.96. The zero-order valence-corrected chi connectivity index (χ0v) is 12.4. The Balaban J connectivity index is 1.86. The molecule has 0 aliphatic heterocycles. The van der Waals surface area contributed by atoms with E-state index in [0.29, 0.717) is 28.9 Å². The standard InChI is InChI=1S/C14H12ClN5O2/c1-2-22-13(21)9-3-5-10(6-4-9)18-12-7-11(15)19-14-16-8-17-20(12)14/h3-8,18H,2H2,1H3. The first-order valence-corrected chi connectivity index (χ1v) is 6.95. The van der Waals surface area contributed by atoms with Crippen LogP contribution in [-0.2, 0) is 4.74 Å². The van der Waals surface area contributed by atoms with Crippen molar-refractivity contribution < 1.29 is 9.53 Å². The molecular weight excluding hydrogens is 306 g/mol. The molecule has 7 nitrogen and oxygen atoms in total. The number of rotatable bonds is 4. The van der Waals surface area contributed by atoms with Crippen molar-refractivity contribution in [3.8, 4) is 0 Å². The van der Waals surface area contributed by atoms with Gasteiger partial charge in [0.15, 0.2) is 0 Å². The first-order valence-electron chi connectivity index (χ1n) is 6.58. The lowest BCUT2D eigenvalue weighted by Gasteiger charge is -2.09. The maximum atomic E-state index is 11.6. The first kappa shape index (κ1) is 14.3. The number of fused-ring (bicyclic) bond motifs is 1. The summed E-state index contributed by atoms with van der Waals surface area (Å²) in [6.45, 7) is 2.11. The van der Waals surface area contributed by atoms with E-state index in [1.165, 1.54) is 10.8 Å². The molecule has 0 bridgehead atoms. The third kappa shape index (κ3) is 2.84. The van der Waals surface area contributed by atoms with Gasteiger partial charge in [0.05, 0.1) is 12.2 Å². The molecule has 0 aliphatic carbocycles. The lowest BCUT2D eigenvalue weighted by molar-refractivity contribution is 0.0526. The predicted octanol–water partition coefficient (Wildman–Crippen LogP) is 2.70. The van der Waals surface area contributed by atoms with Crippen LogP contribution >= 0.6 is 11.6 Å². The fourth-order valence-electron chi connectivity index (χ4n) is 1.92. The van der Waals surface area contributed by atoms with Gasteiger partial charge in [-0.3, -0.25) is 0 Å². The second kappa shape index (κ2) is 5.98. The van der Waals surface area contributed by atoms with E-state index < -0.39 is 0 Å². The molecular formula is C14H12ClN5O2. The molecule has 3 rings (SSSR count). The summed E-state index contributed by atoms with van der Waals surface area (Å²) < 4.78 is 6.47. The quantitative estimate of drug-likeness (QED) is 0.588. The van der Waals surface area contributed by atoms with Crippen LogP contribution in [0.1, 0.15) is 17.3 Å². The second-order valence-corrected chi connectivity index (χ2v) is 4.75. The highest BCUT2D eigenvalue weighted by Gasteiger charge is 2.08. The molecule has 2 heterocycles. The molecule has 2 aromatic heterocycles. The predicted molar refractivity (Wildman–Crippen MR) is 81.5 cm³/mol. The monoisotopic (exact) mass is 317 g/mol. The molecule has 0 radical (unpaired) electrons. The van der Waals surface area contributed by atoms with Gasteiger partial charge in [0.1, 0.15) is 17.3 Å².